The van der Waals surface area contributed by atoms with Gasteiger partial charge in [0.15, 0.2) is 17.9 Å². The van der Waals surface area contributed by atoms with Crippen LogP contribution in [0.2, 0.25) is 0 Å². The Balaban J connectivity index is 1.62. The minimum Gasteiger partial charge on any atom is -0.444 e. The summed E-state index contributed by atoms with van der Waals surface area (Å²) in [5, 5.41) is 2.06. The predicted octanol–water partition coefficient (Wildman–Crippen LogP) is 3.18. The molecule has 1 aromatic carbocycles. The van der Waals surface area contributed by atoms with Crippen LogP contribution in [0.3, 0.4) is 0 Å². The number of pyridine rings is 1. The maximum Gasteiger partial charge on any atom is 0.181 e. The van der Waals surface area contributed by atoms with Gasteiger partial charge in [-0.15, -0.1) is 0 Å². The number of carbonyl (C=O) groups excluding carboxylic acids is 1. The lowest BCUT2D eigenvalue weighted by Crippen LogP contribution is -2.21. The van der Waals surface area contributed by atoms with Crippen molar-refractivity contribution in [1.29, 1.82) is 0 Å². The van der Waals surface area contributed by atoms with E-state index in [9.17, 15) is 4.79 Å². The highest BCUT2D eigenvalue weighted by atomic mass is 16.5. The number of carbonyl (C=O) groups is 1. The van der Waals surface area contributed by atoms with Crippen molar-refractivity contribution < 1.29 is 13.9 Å². The normalized spacial score (nSPS) is 17.7. The number of oxazole rings is 1. The van der Waals surface area contributed by atoms with Gasteiger partial charge in [-0.1, -0.05) is 12.1 Å². The maximum absolute atomic E-state index is 12.2. The summed E-state index contributed by atoms with van der Waals surface area (Å²) in [5.41, 5.74) is 1.73. The first kappa shape index (κ1) is 14.1. The van der Waals surface area contributed by atoms with Gasteiger partial charge in [0, 0.05) is 29.4 Å². The largest absolute Gasteiger partial charge is 0.444 e. The summed E-state index contributed by atoms with van der Waals surface area (Å²) < 4.78 is 10.8. The summed E-state index contributed by atoms with van der Waals surface area (Å²) in [6.45, 7) is 0.683. The Labute approximate surface area is 133 Å². The van der Waals surface area contributed by atoms with Crippen molar-refractivity contribution in [2.45, 2.75) is 25.4 Å². The van der Waals surface area contributed by atoms with Crippen LogP contribution in [0, 0.1) is 0 Å². The van der Waals surface area contributed by atoms with Crippen LogP contribution in [0.15, 0.2) is 47.5 Å². The van der Waals surface area contributed by atoms with Gasteiger partial charge in [0.2, 0.25) is 0 Å². The molecular formula is C18H16N2O3. The minimum atomic E-state index is -0.256. The number of nitrogens with zero attached hydrogens (tertiary/aromatic N) is 2. The van der Waals surface area contributed by atoms with Crippen LogP contribution >= 0.6 is 0 Å². The van der Waals surface area contributed by atoms with Gasteiger partial charge in [-0.3, -0.25) is 9.78 Å². The van der Waals surface area contributed by atoms with Crippen molar-refractivity contribution in [2.24, 2.45) is 0 Å². The summed E-state index contributed by atoms with van der Waals surface area (Å²) in [7, 11) is 0. The molecular weight excluding hydrogens is 292 g/mol. The number of Topliss-reactive ketones (excluding diaryl/α,β-unsaturated/α-hetero) is 1. The van der Waals surface area contributed by atoms with E-state index in [1.165, 1.54) is 6.39 Å². The van der Waals surface area contributed by atoms with Crippen molar-refractivity contribution in [2.75, 3.05) is 6.61 Å². The van der Waals surface area contributed by atoms with Crippen LogP contribution < -0.4 is 0 Å². The molecule has 1 fully saturated rings. The first-order valence-electron chi connectivity index (χ1n) is 7.71. The molecule has 0 spiro atoms. The molecule has 5 nitrogen and oxygen atoms in total. The molecule has 0 bridgehead atoms. The first-order valence-corrected chi connectivity index (χ1v) is 7.71. The zero-order chi connectivity index (χ0) is 15.6. The average Bonchev–Trinajstić information content (AvgIpc) is 3.27. The van der Waals surface area contributed by atoms with Gasteiger partial charge in [-0.25, -0.2) is 4.98 Å². The molecule has 0 unspecified atom stereocenters. The van der Waals surface area contributed by atoms with Gasteiger partial charge in [-0.2, -0.15) is 0 Å². The molecule has 0 amide bonds. The highest BCUT2D eigenvalue weighted by molar-refractivity contribution is 5.89. The zero-order valence-electron chi connectivity index (χ0n) is 12.6. The molecule has 1 aliphatic rings. The Bertz CT molecular complexity index is 837. The number of benzene rings is 1. The molecule has 2 aromatic heterocycles. The van der Waals surface area contributed by atoms with Crippen LogP contribution in [0.1, 0.15) is 18.5 Å². The van der Waals surface area contributed by atoms with E-state index in [2.05, 4.69) is 9.97 Å². The minimum absolute atomic E-state index is 0.112. The van der Waals surface area contributed by atoms with Crippen LogP contribution in [0.4, 0.5) is 0 Å². The summed E-state index contributed by atoms with van der Waals surface area (Å²) in [4.78, 5) is 20.6. The molecule has 1 atom stereocenters. The van der Waals surface area contributed by atoms with E-state index in [1.807, 2.05) is 24.3 Å². The topological polar surface area (TPSA) is 65.2 Å². The second-order valence-corrected chi connectivity index (χ2v) is 5.75. The number of hydrogen-bond donors (Lipinski definition) is 0. The van der Waals surface area contributed by atoms with Gasteiger partial charge in [0.05, 0.1) is 12.6 Å². The van der Waals surface area contributed by atoms with Gasteiger partial charge in [0.25, 0.3) is 0 Å². The lowest BCUT2D eigenvalue weighted by molar-refractivity contribution is -0.127. The van der Waals surface area contributed by atoms with E-state index in [1.54, 1.807) is 12.4 Å². The molecule has 0 radical (unpaired) electrons. The monoisotopic (exact) mass is 308 g/mol. The number of ketones is 1. The quantitative estimate of drug-likeness (QED) is 0.740. The fourth-order valence-electron chi connectivity index (χ4n) is 2.92. The molecule has 1 aliphatic heterocycles. The molecule has 116 valence electrons. The van der Waals surface area contributed by atoms with E-state index in [0.29, 0.717) is 13.0 Å². The lowest BCUT2D eigenvalue weighted by atomic mass is 10.0. The third-order valence-electron chi connectivity index (χ3n) is 4.14. The van der Waals surface area contributed by atoms with Gasteiger partial charge in [-0.05, 0) is 30.4 Å². The number of ether oxygens (including phenoxy) is 1. The third-order valence-corrected chi connectivity index (χ3v) is 4.14. The molecule has 0 saturated carbocycles. The maximum atomic E-state index is 12.2. The Morgan fingerprint density at radius 1 is 1.22 bits per heavy atom. The van der Waals surface area contributed by atoms with Crippen molar-refractivity contribution in [3.05, 3.63) is 48.7 Å². The van der Waals surface area contributed by atoms with Crippen molar-refractivity contribution in [3.8, 4) is 11.3 Å². The van der Waals surface area contributed by atoms with E-state index in [-0.39, 0.29) is 11.9 Å². The zero-order valence-corrected chi connectivity index (χ0v) is 12.6. The number of aromatic nitrogens is 2. The highest BCUT2D eigenvalue weighted by Gasteiger charge is 2.23. The van der Waals surface area contributed by atoms with Crippen LogP contribution in [-0.2, 0) is 16.0 Å². The number of fused-ring (bicyclic) bond motifs is 1. The smallest absolute Gasteiger partial charge is 0.181 e. The van der Waals surface area contributed by atoms with Gasteiger partial charge < -0.3 is 9.15 Å². The van der Waals surface area contributed by atoms with Crippen LogP contribution in [-0.4, -0.2) is 28.5 Å². The second kappa shape index (κ2) is 5.93. The van der Waals surface area contributed by atoms with Crippen molar-refractivity contribution in [1.82, 2.24) is 9.97 Å². The number of rotatable bonds is 4. The summed E-state index contributed by atoms with van der Waals surface area (Å²) >= 11 is 0. The lowest BCUT2D eigenvalue weighted by Gasteiger charge is -2.08. The van der Waals surface area contributed by atoms with Crippen LogP contribution in [0.5, 0.6) is 0 Å². The standard InChI is InChI=1S/C18H16N2O3/c21-16(17-2-1-5-22-17)8-15-7-14-6-12(18-10-19-11-23-18)3-4-13(14)9-20-15/h3-4,6-7,9-11,17H,1-2,5,8H2/t17-/m1/s1. The number of hydrogen-bond acceptors (Lipinski definition) is 5. The molecule has 5 heteroatoms. The molecule has 0 N–H and O–H groups in total. The average molecular weight is 308 g/mol. The summed E-state index contributed by atoms with van der Waals surface area (Å²) in [5.74, 6) is 0.835. The van der Waals surface area contributed by atoms with E-state index < -0.39 is 0 Å². The Hall–Kier alpha value is -2.53. The predicted molar refractivity (Wildman–Crippen MR) is 84.9 cm³/mol. The van der Waals surface area contributed by atoms with Crippen LogP contribution in [0.25, 0.3) is 22.1 Å². The van der Waals surface area contributed by atoms with E-state index in [0.717, 1.165) is 40.6 Å². The molecule has 4 rings (SSSR count). The summed E-state index contributed by atoms with van der Waals surface area (Å²) in [6, 6.07) is 7.95. The SMILES string of the molecule is O=C(Cc1cc2cc(-c3cnco3)ccc2cn1)[C@H]1CCCO1. The van der Waals surface area contributed by atoms with Crippen molar-refractivity contribution >= 4 is 16.6 Å². The second-order valence-electron chi connectivity index (χ2n) is 5.75. The molecule has 0 aliphatic carbocycles. The van der Waals surface area contributed by atoms with E-state index in [4.69, 9.17) is 9.15 Å². The summed E-state index contributed by atoms with van der Waals surface area (Å²) in [6.07, 6.45) is 6.74. The first-order chi connectivity index (χ1) is 11.3. The Kier molecular flexibility index (Phi) is 3.63. The molecule has 23 heavy (non-hydrogen) atoms. The Morgan fingerprint density at radius 2 is 2.17 bits per heavy atom. The van der Waals surface area contributed by atoms with Gasteiger partial charge >= 0.3 is 0 Å². The molecule has 1 saturated heterocycles. The van der Waals surface area contributed by atoms with E-state index >= 15 is 0 Å². The molecule has 3 aromatic rings. The van der Waals surface area contributed by atoms with Gasteiger partial charge in [0.1, 0.15) is 6.10 Å². The highest BCUT2D eigenvalue weighted by Crippen LogP contribution is 2.24. The molecule has 3 heterocycles. The fourth-order valence-corrected chi connectivity index (χ4v) is 2.92. The Morgan fingerprint density at radius 3 is 2.96 bits per heavy atom. The third kappa shape index (κ3) is 2.87. The van der Waals surface area contributed by atoms with Crippen molar-refractivity contribution in [3.63, 3.8) is 0 Å². The fraction of sp³-hybridized carbons (Fsp3) is 0.278.